The second-order valence-corrected chi connectivity index (χ2v) is 3.25. The van der Waals surface area contributed by atoms with Crippen LogP contribution in [0.1, 0.15) is 26.2 Å². The fourth-order valence-electron chi connectivity index (χ4n) is 1.38. The van der Waals surface area contributed by atoms with Crippen LogP contribution in [0, 0.1) is 0 Å². The van der Waals surface area contributed by atoms with E-state index < -0.39 is 0 Å². The number of hydrogen-bond donors (Lipinski definition) is 1. The Bertz CT molecular complexity index is 168. The van der Waals surface area contributed by atoms with Gasteiger partial charge >= 0.3 is 0 Å². The molecule has 1 heterocycles. The van der Waals surface area contributed by atoms with E-state index in [-0.39, 0.29) is 6.04 Å². The maximum Gasteiger partial charge on any atom is 0.153 e. The summed E-state index contributed by atoms with van der Waals surface area (Å²) in [6.45, 7) is 6.61. The number of ketones is 1. The van der Waals surface area contributed by atoms with Gasteiger partial charge in [0.05, 0.1) is 6.04 Å². The molecule has 1 unspecified atom stereocenters. The number of carbonyl (C=O) groups excluding carboxylic acids is 1. The molecule has 1 rings (SSSR count). The third-order valence-electron chi connectivity index (χ3n) is 1.92. The highest BCUT2D eigenvalue weighted by Gasteiger charge is 2.20. The van der Waals surface area contributed by atoms with Crippen LogP contribution in [-0.2, 0) is 4.79 Å². The second kappa shape index (κ2) is 3.67. The molecule has 1 aliphatic rings. The molecule has 0 bridgehead atoms. The molecule has 0 aliphatic carbocycles. The monoisotopic (exact) mass is 153 g/mol. The number of allylic oxidation sites excluding steroid dienone is 1. The normalized spacial score (nSPS) is 23.5. The van der Waals surface area contributed by atoms with E-state index in [1.807, 2.05) is 6.92 Å². The third-order valence-corrected chi connectivity index (χ3v) is 1.92. The van der Waals surface area contributed by atoms with Crippen molar-refractivity contribution >= 4 is 5.78 Å². The summed E-state index contributed by atoms with van der Waals surface area (Å²) in [5.41, 5.74) is 0.962. The van der Waals surface area contributed by atoms with E-state index in [9.17, 15) is 4.79 Å². The van der Waals surface area contributed by atoms with Gasteiger partial charge in [-0.05, 0) is 26.3 Å². The molecule has 0 aromatic heterocycles. The lowest BCUT2D eigenvalue weighted by molar-refractivity contribution is -0.120. The van der Waals surface area contributed by atoms with Gasteiger partial charge < -0.3 is 5.32 Å². The van der Waals surface area contributed by atoms with Crippen LogP contribution in [0.15, 0.2) is 12.2 Å². The van der Waals surface area contributed by atoms with Crippen molar-refractivity contribution in [3.63, 3.8) is 0 Å². The van der Waals surface area contributed by atoms with Crippen LogP contribution >= 0.6 is 0 Å². The Hall–Kier alpha value is -0.630. The SMILES string of the molecule is C=C(C)CC(=O)C1CCCN1. The standard InChI is InChI=1S/C9H15NO/c1-7(2)6-9(11)8-4-3-5-10-8/h8,10H,1,3-6H2,2H3. The van der Waals surface area contributed by atoms with Crippen molar-refractivity contribution in [1.29, 1.82) is 0 Å². The summed E-state index contributed by atoms with van der Waals surface area (Å²) in [6, 6.07) is 0.117. The Morgan fingerprint density at radius 1 is 1.73 bits per heavy atom. The lowest BCUT2D eigenvalue weighted by Crippen LogP contribution is -2.30. The molecule has 2 nitrogen and oxygen atoms in total. The Morgan fingerprint density at radius 3 is 2.91 bits per heavy atom. The van der Waals surface area contributed by atoms with Crippen LogP contribution < -0.4 is 5.32 Å². The van der Waals surface area contributed by atoms with Crippen LogP contribution in [0.5, 0.6) is 0 Å². The molecule has 1 saturated heterocycles. The number of hydrogen-bond acceptors (Lipinski definition) is 2. The summed E-state index contributed by atoms with van der Waals surface area (Å²) in [4.78, 5) is 11.3. The van der Waals surface area contributed by atoms with Gasteiger partial charge in [-0.2, -0.15) is 0 Å². The van der Waals surface area contributed by atoms with Gasteiger partial charge in [0.25, 0.3) is 0 Å². The summed E-state index contributed by atoms with van der Waals surface area (Å²) in [7, 11) is 0. The average molecular weight is 153 g/mol. The zero-order valence-corrected chi connectivity index (χ0v) is 7.02. The number of carbonyl (C=O) groups is 1. The minimum absolute atomic E-state index is 0.117. The van der Waals surface area contributed by atoms with Crippen molar-refractivity contribution in [2.45, 2.75) is 32.2 Å². The van der Waals surface area contributed by atoms with Gasteiger partial charge in [0.15, 0.2) is 5.78 Å². The molecular formula is C9H15NO. The van der Waals surface area contributed by atoms with Crippen LogP contribution in [0.25, 0.3) is 0 Å². The molecule has 11 heavy (non-hydrogen) atoms. The average Bonchev–Trinajstić information content (AvgIpc) is 2.35. The number of nitrogens with one attached hydrogen (secondary N) is 1. The highest BCUT2D eigenvalue weighted by Crippen LogP contribution is 2.09. The zero-order chi connectivity index (χ0) is 8.27. The molecule has 0 aromatic carbocycles. The summed E-state index contributed by atoms with van der Waals surface area (Å²) in [6.07, 6.45) is 2.68. The van der Waals surface area contributed by atoms with Crippen molar-refractivity contribution in [3.05, 3.63) is 12.2 Å². The molecule has 2 heteroatoms. The Kier molecular flexibility index (Phi) is 2.83. The molecule has 1 atom stereocenters. The highest BCUT2D eigenvalue weighted by molar-refractivity contribution is 5.86. The predicted molar refractivity (Wildman–Crippen MR) is 45.5 cm³/mol. The summed E-state index contributed by atoms with van der Waals surface area (Å²) >= 11 is 0. The first-order valence-electron chi connectivity index (χ1n) is 4.10. The molecule has 0 spiro atoms. The van der Waals surface area contributed by atoms with Crippen molar-refractivity contribution in [3.8, 4) is 0 Å². The topological polar surface area (TPSA) is 29.1 Å². The quantitative estimate of drug-likeness (QED) is 0.619. The second-order valence-electron chi connectivity index (χ2n) is 3.25. The van der Waals surface area contributed by atoms with E-state index >= 15 is 0 Å². The fourth-order valence-corrected chi connectivity index (χ4v) is 1.38. The van der Waals surface area contributed by atoms with Crippen molar-refractivity contribution in [2.24, 2.45) is 0 Å². The van der Waals surface area contributed by atoms with E-state index in [0.717, 1.165) is 25.0 Å². The lowest BCUT2D eigenvalue weighted by atomic mass is 10.1. The number of Topliss-reactive ketones (excluding diaryl/α,β-unsaturated/α-hetero) is 1. The Labute approximate surface area is 67.7 Å². The minimum atomic E-state index is 0.117. The first-order chi connectivity index (χ1) is 5.20. The van der Waals surface area contributed by atoms with Crippen molar-refractivity contribution in [1.82, 2.24) is 5.32 Å². The lowest BCUT2D eigenvalue weighted by Gasteiger charge is -2.07. The van der Waals surface area contributed by atoms with Gasteiger partial charge in [0, 0.05) is 6.42 Å². The van der Waals surface area contributed by atoms with Gasteiger partial charge in [0.2, 0.25) is 0 Å². The Morgan fingerprint density at radius 2 is 2.45 bits per heavy atom. The molecule has 0 saturated carbocycles. The minimum Gasteiger partial charge on any atom is -0.307 e. The van der Waals surface area contributed by atoms with E-state index in [4.69, 9.17) is 0 Å². The molecule has 1 fully saturated rings. The first-order valence-corrected chi connectivity index (χ1v) is 4.10. The fraction of sp³-hybridized carbons (Fsp3) is 0.667. The maximum atomic E-state index is 11.3. The molecule has 1 aliphatic heterocycles. The number of rotatable bonds is 3. The van der Waals surface area contributed by atoms with E-state index in [1.54, 1.807) is 0 Å². The predicted octanol–water partition coefficient (Wildman–Crippen LogP) is 1.27. The molecule has 1 N–H and O–H groups in total. The van der Waals surface area contributed by atoms with Gasteiger partial charge in [-0.25, -0.2) is 0 Å². The summed E-state index contributed by atoms with van der Waals surface area (Å²) in [5, 5.41) is 3.17. The van der Waals surface area contributed by atoms with E-state index in [1.165, 1.54) is 0 Å². The van der Waals surface area contributed by atoms with Gasteiger partial charge in [-0.3, -0.25) is 4.79 Å². The van der Waals surface area contributed by atoms with E-state index in [0.29, 0.717) is 12.2 Å². The maximum absolute atomic E-state index is 11.3. The molecule has 0 aromatic rings. The molecule has 0 radical (unpaired) electrons. The zero-order valence-electron chi connectivity index (χ0n) is 7.02. The molecule has 62 valence electrons. The summed E-state index contributed by atoms with van der Waals surface area (Å²) in [5.74, 6) is 0.301. The third kappa shape index (κ3) is 2.46. The largest absolute Gasteiger partial charge is 0.307 e. The van der Waals surface area contributed by atoms with Crippen LogP contribution in [0.3, 0.4) is 0 Å². The van der Waals surface area contributed by atoms with Gasteiger partial charge in [0.1, 0.15) is 0 Å². The van der Waals surface area contributed by atoms with Gasteiger partial charge in [-0.15, -0.1) is 0 Å². The summed E-state index contributed by atoms with van der Waals surface area (Å²) < 4.78 is 0. The molecular weight excluding hydrogens is 138 g/mol. The van der Waals surface area contributed by atoms with E-state index in [2.05, 4.69) is 11.9 Å². The molecule has 0 amide bonds. The van der Waals surface area contributed by atoms with Crippen molar-refractivity contribution in [2.75, 3.05) is 6.54 Å². The smallest absolute Gasteiger partial charge is 0.153 e. The van der Waals surface area contributed by atoms with Crippen LogP contribution in [-0.4, -0.2) is 18.4 Å². The van der Waals surface area contributed by atoms with Crippen LogP contribution in [0.2, 0.25) is 0 Å². The first kappa shape index (κ1) is 8.47. The van der Waals surface area contributed by atoms with Gasteiger partial charge in [-0.1, -0.05) is 12.2 Å². The highest BCUT2D eigenvalue weighted by atomic mass is 16.1. The van der Waals surface area contributed by atoms with Crippen molar-refractivity contribution < 1.29 is 4.79 Å². The Balaban J connectivity index is 2.34. The van der Waals surface area contributed by atoms with Crippen LogP contribution in [0.4, 0.5) is 0 Å².